The average molecular weight is 332 g/mol. The maximum Gasteiger partial charge on any atom is 0.284 e. The summed E-state index contributed by atoms with van der Waals surface area (Å²) in [5.74, 6) is 5.62. The van der Waals surface area contributed by atoms with Crippen molar-refractivity contribution in [1.82, 2.24) is 5.43 Å². The molecule has 24 heavy (non-hydrogen) atoms. The minimum absolute atomic E-state index is 0.315. The summed E-state index contributed by atoms with van der Waals surface area (Å²) in [5.41, 5.74) is 5.78. The Labute approximate surface area is 147 Å². The molecule has 1 saturated carbocycles. The summed E-state index contributed by atoms with van der Waals surface area (Å²) in [7, 11) is 0. The van der Waals surface area contributed by atoms with Gasteiger partial charge in [-0.25, -0.2) is 5.84 Å². The van der Waals surface area contributed by atoms with E-state index in [-0.39, 0.29) is 5.91 Å². The molecule has 134 valence electrons. The first kappa shape index (κ1) is 20.4. The fourth-order valence-electron chi connectivity index (χ4n) is 2.74. The number of nitrogens with two attached hydrogens (primary N) is 1. The van der Waals surface area contributed by atoms with Crippen LogP contribution in [-0.4, -0.2) is 11.6 Å². The van der Waals surface area contributed by atoms with Gasteiger partial charge in [-0.05, 0) is 56.1 Å². The van der Waals surface area contributed by atoms with Crippen LogP contribution in [-0.2, 0) is 4.79 Å². The molecule has 4 nitrogen and oxygen atoms in total. The lowest BCUT2D eigenvalue weighted by atomic mass is 9.80. The van der Waals surface area contributed by atoms with Crippen molar-refractivity contribution in [1.29, 1.82) is 0 Å². The molecule has 1 aliphatic carbocycles. The van der Waals surface area contributed by atoms with Crippen LogP contribution in [0.4, 0.5) is 0 Å². The van der Waals surface area contributed by atoms with Crippen LogP contribution in [0, 0.1) is 5.92 Å². The second-order valence-electron chi connectivity index (χ2n) is 6.29. The number of unbranched alkanes of at least 4 members (excludes halogenated alkanes) is 1. The smallest absolute Gasteiger partial charge is 0.284 e. The summed E-state index contributed by atoms with van der Waals surface area (Å²) in [6.45, 7) is 8.32. The van der Waals surface area contributed by atoms with E-state index in [2.05, 4.69) is 44.4 Å². The zero-order valence-corrected chi connectivity index (χ0v) is 15.7. The van der Waals surface area contributed by atoms with E-state index in [4.69, 9.17) is 10.8 Å². The molecule has 3 N–H and O–H groups in total. The monoisotopic (exact) mass is 331 g/mol. The molecule has 0 bridgehead atoms. The first-order chi connectivity index (χ1) is 11.6. The molecule has 0 radical (unpaired) electrons. The number of nitrogens with zero attached hydrogens (tertiary/aromatic N) is 1. The van der Waals surface area contributed by atoms with E-state index in [1.807, 2.05) is 6.92 Å². The number of hydrogen-bond acceptors (Lipinski definition) is 3. The lowest BCUT2D eigenvalue weighted by molar-refractivity contribution is -0.117. The Bertz CT molecular complexity index is 537. The molecule has 0 heterocycles. The Hall–Kier alpha value is -1.68. The van der Waals surface area contributed by atoms with Gasteiger partial charge in [0, 0.05) is 5.71 Å². The van der Waals surface area contributed by atoms with Gasteiger partial charge in [-0.1, -0.05) is 51.8 Å². The van der Waals surface area contributed by atoms with Gasteiger partial charge in [0.2, 0.25) is 0 Å². The molecule has 0 saturated heterocycles. The van der Waals surface area contributed by atoms with Crippen molar-refractivity contribution in [2.45, 2.75) is 72.6 Å². The molecule has 1 aliphatic rings. The van der Waals surface area contributed by atoms with Gasteiger partial charge in [-0.2, -0.15) is 0 Å². The number of hydrazine groups is 1. The third-order valence-corrected chi connectivity index (χ3v) is 4.51. The van der Waals surface area contributed by atoms with Crippen molar-refractivity contribution in [3.8, 4) is 0 Å². The number of amides is 1. The van der Waals surface area contributed by atoms with Crippen molar-refractivity contribution in [3.05, 3.63) is 35.1 Å². The fourth-order valence-corrected chi connectivity index (χ4v) is 2.74. The molecule has 0 aromatic rings. The summed E-state index contributed by atoms with van der Waals surface area (Å²) in [5, 5.41) is 0. The molecule has 0 spiro atoms. The number of rotatable bonds is 9. The van der Waals surface area contributed by atoms with E-state index in [1.165, 1.54) is 19.3 Å². The highest BCUT2D eigenvalue weighted by Crippen LogP contribution is 2.30. The van der Waals surface area contributed by atoms with E-state index in [9.17, 15) is 4.79 Å². The minimum Gasteiger partial charge on any atom is -0.289 e. The fraction of sp³-hybridized carbons (Fsp3) is 0.600. The SMILES string of the molecule is CC\C=C/C(=C\CCC)C(/C)=C(/N=C(\CC)C1CCC1)C(=O)NN. The van der Waals surface area contributed by atoms with E-state index < -0.39 is 0 Å². The predicted octanol–water partition coefficient (Wildman–Crippen LogP) is 4.59. The van der Waals surface area contributed by atoms with Gasteiger partial charge in [0.1, 0.15) is 5.70 Å². The average Bonchev–Trinajstić information content (AvgIpc) is 2.55. The van der Waals surface area contributed by atoms with E-state index in [0.717, 1.165) is 42.5 Å². The van der Waals surface area contributed by atoms with Gasteiger partial charge in [0.05, 0.1) is 0 Å². The topological polar surface area (TPSA) is 67.5 Å². The lowest BCUT2D eigenvalue weighted by Gasteiger charge is -2.27. The molecule has 0 unspecified atom stereocenters. The Balaban J connectivity index is 3.31. The van der Waals surface area contributed by atoms with E-state index in [0.29, 0.717) is 11.6 Å². The van der Waals surface area contributed by atoms with Crippen molar-refractivity contribution >= 4 is 11.6 Å². The first-order valence-electron chi connectivity index (χ1n) is 9.25. The molecular weight excluding hydrogens is 298 g/mol. The van der Waals surface area contributed by atoms with Gasteiger partial charge in [0.25, 0.3) is 5.91 Å². The lowest BCUT2D eigenvalue weighted by Crippen LogP contribution is -2.32. The van der Waals surface area contributed by atoms with Crippen LogP contribution in [0.3, 0.4) is 0 Å². The molecular formula is C20H33N3O. The Morgan fingerprint density at radius 2 is 2.00 bits per heavy atom. The molecule has 1 amide bonds. The number of nitrogens with one attached hydrogen (secondary N) is 1. The highest BCUT2D eigenvalue weighted by molar-refractivity contribution is 5.99. The van der Waals surface area contributed by atoms with Crippen LogP contribution in [0.1, 0.15) is 72.6 Å². The van der Waals surface area contributed by atoms with Gasteiger partial charge in [0.15, 0.2) is 0 Å². The standard InChI is InChI=1S/C20H33N3O/c1-5-8-11-16(12-9-6-2)15(4)19(20(24)23-21)22-18(7-3)17-13-10-14-17/h8,11-12,17H,5-7,9-10,13-14,21H2,1-4H3,(H,23,24)/b11-8-,16-12+,19-15+,22-18+. The largest absolute Gasteiger partial charge is 0.289 e. The van der Waals surface area contributed by atoms with Crippen LogP contribution in [0.5, 0.6) is 0 Å². The molecule has 0 aromatic heterocycles. The Kier molecular flexibility index (Phi) is 9.31. The molecule has 1 fully saturated rings. The van der Waals surface area contributed by atoms with Crippen LogP contribution in [0.2, 0.25) is 0 Å². The summed E-state index contributed by atoms with van der Waals surface area (Å²) in [4.78, 5) is 17.1. The second-order valence-corrected chi connectivity index (χ2v) is 6.29. The minimum atomic E-state index is -0.315. The quantitative estimate of drug-likeness (QED) is 0.162. The molecule has 1 rings (SSSR count). The van der Waals surface area contributed by atoms with Crippen LogP contribution < -0.4 is 11.3 Å². The first-order valence-corrected chi connectivity index (χ1v) is 9.25. The summed E-state index contributed by atoms with van der Waals surface area (Å²) < 4.78 is 0. The third-order valence-electron chi connectivity index (χ3n) is 4.51. The summed E-state index contributed by atoms with van der Waals surface area (Å²) in [6, 6.07) is 0. The maximum absolute atomic E-state index is 12.3. The third kappa shape index (κ3) is 5.75. The van der Waals surface area contributed by atoms with Crippen LogP contribution >= 0.6 is 0 Å². The molecule has 0 aromatic carbocycles. The normalized spacial score (nSPS) is 17.7. The Morgan fingerprint density at radius 3 is 2.46 bits per heavy atom. The zero-order valence-electron chi connectivity index (χ0n) is 15.7. The molecule has 4 heteroatoms. The van der Waals surface area contributed by atoms with Crippen LogP contribution in [0.25, 0.3) is 0 Å². The number of carbonyl (C=O) groups is 1. The van der Waals surface area contributed by atoms with Gasteiger partial charge in [-0.15, -0.1) is 0 Å². The summed E-state index contributed by atoms with van der Waals surface area (Å²) >= 11 is 0. The number of carbonyl (C=O) groups excluding carboxylic acids is 1. The molecule has 0 atom stereocenters. The van der Waals surface area contributed by atoms with Crippen molar-refractivity contribution < 1.29 is 4.79 Å². The van der Waals surface area contributed by atoms with Crippen molar-refractivity contribution in [3.63, 3.8) is 0 Å². The van der Waals surface area contributed by atoms with E-state index >= 15 is 0 Å². The van der Waals surface area contributed by atoms with Crippen LogP contribution in [0.15, 0.2) is 40.1 Å². The highest BCUT2D eigenvalue weighted by atomic mass is 16.2. The van der Waals surface area contributed by atoms with Crippen molar-refractivity contribution in [2.75, 3.05) is 0 Å². The van der Waals surface area contributed by atoms with Gasteiger partial charge >= 0.3 is 0 Å². The Morgan fingerprint density at radius 1 is 1.29 bits per heavy atom. The highest BCUT2D eigenvalue weighted by Gasteiger charge is 2.23. The predicted molar refractivity (Wildman–Crippen MR) is 103 cm³/mol. The second kappa shape index (κ2) is 11.0. The van der Waals surface area contributed by atoms with E-state index in [1.54, 1.807) is 0 Å². The summed E-state index contributed by atoms with van der Waals surface area (Å²) in [6.07, 6.45) is 13.9. The van der Waals surface area contributed by atoms with Gasteiger partial charge in [-0.3, -0.25) is 15.2 Å². The maximum atomic E-state index is 12.3. The molecule has 0 aliphatic heterocycles. The number of aliphatic imine (C=N–C) groups is 1. The zero-order chi connectivity index (χ0) is 17.9. The van der Waals surface area contributed by atoms with Crippen molar-refractivity contribution in [2.24, 2.45) is 16.8 Å². The number of hydrogen-bond donors (Lipinski definition) is 2. The van der Waals surface area contributed by atoms with Gasteiger partial charge < -0.3 is 0 Å². The number of allylic oxidation sites excluding steroid dienone is 5.